The second kappa shape index (κ2) is 13.9. The zero-order valence-electron chi connectivity index (χ0n) is 33.7. The highest BCUT2D eigenvalue weighted by Gasteiger charge is 2.23. The SMILES string of the molecule is c1ccc(-c2nc(-c3ccccc3)nc(-c3cccc(-n4c5ccccc5c5ccc6c7ccccc7n(-c7cccc(-c8ccc9oc%10ccccc%10c9c8)n7)c6c54)c3)n2)cc1. The molecule has 0 aliphatic heterocycles. The molecule has 63 heavy (non-hydrogen) atoms. The highest BCUT2D eigenvalue weighted by atomic mass is 16.3. The minimum absolute atomic E-state index is 0.604. The molecule has 0 saturated heterocycles. The first kappa shape index (κ1) is 35.1. The van der Waals surface area contributed by atoms with E-state index in [1.807, 2.05) is 72.8 Å². The molecular formula is C56H34N6O. The monoisotopic (exact) mass is 806 g/mol. The zero-order chi connectivity index (χ0) is 41.4. The van der Waals surface area contributed by atoms with Crippen molar-refractivity contribution >= 4 is 65.6 Å². The van der Waals surface area contributed by atoms with E-state index in [2.05, 4.69) is 143 Å². The van der Waals surface area contributed by atoms with Gasteiger partial charge in [0.1, 0.15) is 17.0 Å². The Kier molecular flexibility index (Phi) is 7.77. The van der Waals surface area contributed by atoms with Gasteiger partial charge >= 0.3 is 0 Å². The molecule has 0 unspecified atom stereocenters. The van der Waals surface area contributed by atoms with Crippen LogP contribution in [0.5, 0.6) is 0 Å². The molecule has 0 atom stereocenters. The highest BCUT2D eigenvalue weighted by Crippen LogP contribution is 2.42. The minimum atomic E-state index is 0.604. The van der Waals surface area contributed by atoms with E-state index < -0.39 is 0 Å². The van der Waals surface area contributed by atoms with E-state index in [1.165, 1.54) is 0 Å². The van der Waals surface area contributed by atoms with Gasteiger partial charge in [-0.05, 0) is 60.7 Å². The number of nitrogens with zero attached hydrogens (tertiary/aromatic N) is 6. The summed E-state index contributed by atoms with van der Waals surface area (Å²) in [7, 11) is 0. The Labute approximate surface area is 360 Å². The lowest BCUT2D eigenvalue weighted by Gasteiger charge is -2.14. The highest BCUT2D eigenvalue weighted by molar-refractivity contribution is 6.23. The summed E-state index contributed by atoms with van der Waals surface area (Å²) < 4.78 is 10.9. The van der Waals surface area contributed by atoms with E-state index in [4.69, 9.17) is 24.4 Å². The number of hydrogen-bond acceptors (Lipinski definition) is 5. The molecule has 13 aromatic rings. The summed E-state index contributed by atoms with van der Waals surface area (Å²) in [5, 5.41) is 6.79. The number of aromatic nitrogens is 6. The van der Waals surface area contributed by atoms with Crippen molar-refractivity contribution in [1.29, 1.82) is 0 Å². The lowest BCUT2D eigenvalue weighted by Crippen LogP contribution is -2.02. The first-order valence-electron chi connectivity index (χ1n) is 21.1. The molecule has 0 spiro atoms. The van der Waals surface area contributed by atoms with E-state index >= 15 is 0 Å². The van der Waals surface area contributed by atoms with Crippen molar-refractivity contribution in [3.05, 3.63) is 206 Å². The van der Waals surface area contributed by atoms with Gasteiger partial charge in [-0.3, -0.25) is 4.57 Å². The number of rotatable bonds is 6. The molecule has 0 aliphatic rings. The Bertz CT molecular complexity index is 3860. The van der Waals surface area contributed by atoms with Crippen molar-refractivity contribution in [1.82, 2.24) is 29.1 Å². The van der Waals surface area contributed by atoms with Crippen LogP contribution in [0.15, 0.2) is 211 Å². The summed E-state index contributed by atoms with van der Waals surface area (Å²) in [5.74, 6) is 2.69. The Balaban J connectivity index is 1.05. The van der Waals surface area contributed by atoms with Crippen molar-refractivity contribution < 1.29 is 4.42 Å². The average Bonchev–Trinajstić information content (AvgIpc) is 4.02. The van der Waals surface area contributed by atoms with Gasteiger partial charge in [-0.25, -0.2) is 19.9 Å². The maximum Gasteiger partial charge on any atom is 0.164 e. The molecule has 294 valence electrons. The van der Waals surface area contributed by atoms with E-state index in [0.29, 0.717) is 17.5 Å². The van der Waals surface area contributed by atoms with Crippen LogP contribution >= 0.6 is 0 Å². The summed E-state index contributed by atoms with van der Waals surface area (Å²) in [4.78, 5) is 20.6. The molecule has 5 aromatic heterocycles. The molecule has 0 aliphatic carbocycles. The molecule has 0 saturated carbocycles. The third-order valence-electron chi connectivity index (χ3n) is 12.2. The third-order valence-corrected chi connectivity index (χ3v) is 12.2. The number of furan rings is 1. The summed E-state index contributed by atoms with van der Waals surface area (Å²) in [6.07, 6.45) is 0. The predicted octanol–water partition coefficient (Wildman–Crippen LogP) is 14.0. The van der Waals surface area contributed by atoms with Crippen LogP contribution in [-0.4, -0.2) is 29.1 Å². The lowest BCUT2D eigenvalue weighted by atomic mass is 10.1. The first-order chi connectivity index (χ1) is 31.2. The molecule has 8 aromatic carbocycles. The van der Waals surface area contributed by atoms with Gasteiger partial charge in [0.2, 0.25) is 0 Å². The van der Waals surface area contributed by atoms with Crippen LogP contribution in [-0.2, 0) is 0 Å². The van der Waals surface area contributed by atoms with Crippen molar-refractivity contribution in [2.45, 2.75) is 0 Å². The number of pyridine rings is 1. The van der Waals surface area contributed by atoms with Gasteiger partial charge in [0.25, 0.3) is 0 Å². The van der Waals surface area contributed by atoms with Crippen LogP contribution in [0.1, 0.15) is 0 Å². The molecule has 7 heteroatoms. The van der Waals surface area contributed by atoms with Gasteiger partial charge in [-0.2, -0.15) is 0 Å². The maximum absolute atomic E-state index is 6.18. The summed E-state index contributed by atoms with van der Waals surface area (Å²) >= 11 is 0. The van der Waals surface area contributed by atoms with Gasteiger partial charge in [-0.1, -0.05) is 146 Å². The second-order valence-corrected chi connectivity index (χ2v) is 15.8. The molecule has 0 fully saturated rings. The van der Waals surface area contributed by atoms with Crippen LogP contribution in [0.3, 0.4) is 0 Å². The fourth-order valence-electron chi connectivity index (χ4n) is 9.32. The number of hydrogen-bond donors (Lipinski definition) is 0. The number of fused-ring (bicyclic) bond motifs is 10. The summed E-state index contributed by atoms with van der Waals surface area (Å²) in [6.45, 7) is 0. The Morgan fingerprint density at radius 3 is 1.56 bits per heavy atom. The van der Waals surface area contributed by atoms with E-state index in [0.717, 1.165) is 105 Å². The number of para-hydroxylation sites is 3. The van der Waals surface area contributed by atoms with Crippen LogP contribution in [0.4, 0.5) is 0 Å². The Morgan fingerprint density at radius 2 is 0.857 bits per heavy atom. The molecule has 0 N–H and O–H groups in total. The van der Waals surface area contributed by atoms with Gasteiger partial charge < -0.3 is 8.98 Å². The standard InChI is InChI=1S/C56H34N6O/c1-3-15-35(16-4-1)54-58-55(36-17-5-2-6-18-36)60-56(59-54)38-19-13-20-39(33-38)61-47-25-10-7-21-40(47)43-30-31-44-41-22-8-11-26-48(41)62(53(44)52(43)61)51-28-14-24-46(57-51)37-29-32-50-45(34-37)42-23-9-12-27-49(42)63-50/h1-34H. The topological polar surface area (TPSA) is 74.6 Å². The average molecular weight is 807 g/mol. The predicted molar refractivity (Wildman–Crippen MR) is 255 cm³/mol. The fraction of sp³-hybridized carbons (Fsp3) is 0. The molecule has 7 nitrogen and oxygen atoms in total. The van der Waals surface area contributed by atoms with Gasteiger partial charge in [0.15, 0.2) is 17.5 Å². The minimum Gasteiger partial charge on any atom is -0.456 e. The van der Waals surface area contributed by atoms with Crippen molar-refractivity contribution in [2.24, 2.45) is 0 Å². The van der Waals surface area contributed by atoms with Gasteiger partial charge in [0, 0.05) is 60.3 Å². The van der Waals surface area contributed by atoms with Crippen molar-refractivity contribution in [3.8, 4) is 56.9 Å². The van der Waals surface area contributed by atoms with E-state index in [9.17, 15) is 0 Å². The van der Waals surface area contributed by atoms with Crippen molar-refractivity contribution in [2.75, 3.05) is 0 Å². The van der Waals surface area contributed by atoms with Crippen LogP contribution in [0.2, 0.25) is 0 Å². The smallest absolute Gasteiger partial charge is 0.164 e. The lowest BCUT2D eigenvalue weighted by molar-refractivity contribution is 0.669. The zero-order valence-corrected chi connectivity index (χ0v) is 33.7. The molecule has 13 rings (SSSR count). The molecule has 0 radical (unpaired) electrons. The number of benzene rings is 8. The molecule has 0 amide bonds. The Morgan fingerprint density at radius 1 is 0.317 bits per heavy atom. The quantitative estimate of drug-likeness (QED) is 0.167. The largest absolute Gasteiger partial charge is 0.456 e. The summed E-state index contributed by atoms with van der Waals surface area (Å²) in [6, 6.07) is 71.5. The second-order valence-electron chi connectivity index (χ2n) is 15.8. The molecular weight excluding hydrogens is 773 g/mol. The maximum atomic E-state index is 6.18. The van der Waals surface area contributed by atoms with Gasteiger partial charge in [-0.15, -0.1) is 0 Å². The van der Waals surface area contributed by atoms with E-state index in [1.54, 1.807) is 0 Å². The van der Waals surface area contributed by atoms with Crippen LogP contribution < -0.4 is 0 Å². The van der Waals surface area contributed by atoms with Crippen LogP contribution in [0.25, 0.3) is 122 Å². The fourth-order valence-corrected chi connectivity index (χ4v) is 9.32. The van der Waals surface area contributed by atoms with E-state index in [-0.39, 0.29) is 0 Å². The first-order valence-corrected chi connectivity index (χ1v) is 21.1. The van der Waals surface area contributed by atoms with Crippen molar-refractivity contribution in [3.63, 3.8) is 0 Å². The molecule has 0 bridgehead atoms. The normalized spacial score (nSPS) is 11.8. The third kappa shape index (κ3) is 5.60. The molecule has 5 heterocycles. The van der Waals surface area contributed by atoms with Gasteiger partial charge in [0.05, 0.1) is 27.8 Å². The Hall–Kier alpha value is -8.68. The van der Waals surface area contributed by atoms with Crippen LogP contribution in [0, 0.1) is 0 Å². The summed E-state index contributed by atoms with van der Waals surface area (Å²) in [5.41, 5.74) is 11.7.